The smallest absolute Gasteiger partial charge is 0.226 e. The van der Waals surface area contributed by atoms with Crippen LogP contribution in [0.25, 0.3) is 0 Å². The SMILES string of the molecule is CC(C)C(CCO)NC(=O)C1(C)CCCC1. The number of carbonyl (C=O) groups is 1. The van der Waals surface area contributed by atoms with E-state index in [-0.39, 0.29) is 24.0 Å². The maximum Gasteiger partial charge on any atom is 0.226 e. The van der Waals surface area contributed by atoms with Crippen molar-refractivity contribution in [1.82, 2.24) is 5.32 Å². The zero-order chi connectivity index (χ0) is 12.2. The predicted octanol–water partition coefficient (Wildman–Crippen LogP) is 2.09. The van der Waals surface area contributed by atoms with E-state index < -0.39 is 0 Å². The van der Waals surface area contributed by atoms with E-state index in [0.29, 0.717) is 12.3 Å². The lowest BCUT2D eigenvalue weighted by molar-refractivity contribution is -0.131. The summed E-state index contributed by atoms with van der Waals surface area (Å²) in [7, 11) is 0. The van der Waals surface area contributed by atoms with Crippen LogP contribution in [0.2, 0.25) is 0 Å². The average Bonchev–Trinajstić information content (AvgIpc) is 2.65. The summed E-state index contributed by atoms with van der Waals surface area (Å²) in [6.45, 7) is 6.36. The summed E-state index contributed by atoms with van der Waals surface area (Å²) in [5.74, 6) is 0.554. The molecule has 0 aromatic heterocycles. The molecule has 94 valence electrons. The molecule has 1 aliphatic carbocycles. The Bertz CT molecular complexity index is 232. The molecule has 1 amide bonds. The first-order chi connectivity index (χ1) is 7.49. The van der Waals surface area contributed by atoms with E-state index in [9.17, 15) is 4.79 Å². The lowest BCUT2D eigenvalue weighted by Gasteiger charge is -2.28. The molecule has 0 spiro atoms. The molecule has 1 atom stereocenters. The third-order valence-corrected chi connectivity index (χ3v) is 3.82. The Labute approximate surface area is 98.6 Å². The van der Waals surface area contributed by atoms with E-state index in [0.717, 1.165) is 25.7 Å². The molecule has 0 aromatic carbocycles. The Balaban J connectivity index is 2.53. The highest BCUT2D eigenvalue weighted by atomic mass is 16.3. The molecule has 0 heterocycles. The highest BCUT2D eigenvalue weighted by molar-refractivity contribution is 5.82. The van der Waals surface area contributed by atoms with Gasteiger partial charge in [-0.15, -0.1) is 0 Å². The number of rotatable bonds is 5. The second-order valence-electron chi connectivity index (χ2n) is 5.60. The van der Waals surface area contributed by atoms with Gasteiger partial charge < -0.3 is 10.4 Å². The van der Waals surface area contributed by atoms with Crippen molar-refractivity contribution < 1.29 is 9.90 Å². The minimum atomic E-state index is -0.164. The molecule has 0 aliphatic heterocycles. The summed E-state index contributed by atoms with van der Waals surface area (Å²) in [4.78, 5) is 12.2. The molecule has 1 saturated carbocycles. The quantitative estimate of drug-likeness (QED) is 0.755. The van der Waals surface area contributed by atoms with Crippen molar-refractivity contribution in [2.45, 2.75) is 58.9 Å². The van der Waals surface area contributed by atoms with Crippen LogP contribution >= 0.6 is 0 Å². The fourth-order valence-corrected chi connectivity index (χ4v) is 2.44. The lowest BCUT2D eigenvalue weighted by atomic mass is 9.87. The predicted molar refractivity (Wildman–Crippen MR) is 65.0 cm³/mol. The first-order valence-electron chi connectivity index (χ1n) is 6.41. The van der Waals surface area contributed by atoms with E-state index in [4.69, 9.17) is 5.11 Å². The first kappa shape index (κ1) is 13.5. The van der Waals surface area contributed by atoms with E-state index in [1.807, 2.05) is 0 Å². The first-order valence-corrected chi connectivity index (χ1v) is 6.41. The summed E-state index contributed by atoms with van der Waals surface area (Å²) in [5, 5.41) is 12.1. The largest absolute Gasteiger partial charge is 0.396 e. The molecule has 2 N–H and O–H groups in total. The number of aliphatic hydroxyl groups excluding tert-OH is 1. The Kier molecular flexibility index (Phi) is 4.78. The van der Waals surface area contributed by atoms with Crippen molar-refractivity contribution in [3.8, 4) is 0 Å². The summed E-state index contributed by atoms with van der Waals surface area (Å²) in [5.41, 5.74) is -0.164. The third-order valence-electron chi connectivity index (χ3n) is 3.82. The molecule has 0 radical (unpaired) electrons. The molecule has 0 saturated heterocycles. The lowest BCUT2D eigenvalue weighted by Crippen LogP contribution is -2.45. The van der Waals surface area contributed by atoms with Crippen LogP contribution in [0.3, 0.4) is 0 Å². The van der Waals surface area contributed by atoms with Gasteiger partial charge in [0.15, 0.2) is 0 Å². The van der Waals surface area contributed by atoms with Gasteiger partial charge in [-0.3, -0.25) is 4.79 Å². The van der Waals surface area contributed by atoms with E-state index in [2.05, 4.69) is 26.1 Å². The van der Waals surface area contributed by atoms with Crippen molar-refractivity contribution in [1.29, 1.82) is 0 Å². The average molecular weight is 227 g/mol. The van der Waals surface area contributed by atoms with Crippen LogP contribution in [0.1, 0.15) is 52.9 Å². The van der Waals surface area contributed by atoms with Gasteiger partial charge in [-0.25, -0.2) is 0 Å². The molecule has 1 unspecified atom stereocenters. The molecule has 0 aromatic rings. The highest BCUT2D eigenvalue weighted by Crippen LogP contribution is 2.37. The van der Waals surface area contributed by atoms with Crippen LogP contribution in [0, 0.1) is 11.3 Å². The Hall–Kier alpha value is -0.570. The standard InChI is InChI=1S/C13H25NO2/c1-10(2)11(6-9-15)14-12(16)13(3)7-4-5-8-13/h10-11,15H,4-9H2,1-3H3,(H,14,16). The number of nitrogens with one attached hydrogen (secondary N) is 1. The monoisotopic (exact) mass is 227 g/mol. The number of hydrogen-bond acceptors (Lipinski definition) is 2. The van der Waals surface area contributed by atoms with Crippen LogP contribution in [-0.4, -0.2) is 23.7 Å². The Morgan fingerprint density at radius 2 is 1.94 bits per heavy atom. The Morgan fingerprint density at radius 3 is 2.38 bits per heavy atom. The zero-order valence-electron chi connectivity index (χ0n) is 10.8. The topological polar surface area (TPSA) is 49.3 Å². The zero-order valence-corrected chi connectivity index (χ0v) is 10.8. The second-order valence-corrected chi connectivity index (χ2v) is 5.60. The van der Waals surface area contributed by atoms with Crippen molar-refractivity contribution in [3.63, 3.8) is 0 Å². The van der Waals surface area contributed by atoms with Crippen LogP contribution in [0.5, 0.6) is 0 Å². The molecule has 0 bridgehead atoms. The number of aliphatic hydroxyl groups is 1. The van der Waals surface area contributed by atoms with Crippen LogP contribution in [0.15, 0.2) is 0 Å². The molecule has 1 fully saturated rings. The van der Waals surface area contributed by atoms with E-state index in [1.54, 1.807) is 0 Å². The maximum absolute atomic E-state index is 12.2. The molecular weight excluding hydrogens is 202 g/mol. The van der Waals surface area contributed by atoms with Crippen LogP contribution in [-0.2, 0) is 4.79 Å². The molecule has 3 heteroatoms. The minimum Gasteiger partial charge on any atom is -0.396 e. The number of amides is 1. The normalized spacial score (nSPS) is 21.1. The van der Waals surface area contributed by atoms with Crippen LogP contribution < -0.4 is 5.32 Å². The van der Waals surface area contributed by atoms with Gasteiger partial charge in [-0.1, -0.05) is 33.6 Å². The molecule has 1 aliphatic rings. The highest BCUT2D eigenvalue weighted by Gasteiger charge is 2.37. The van der Waals surface area contributed by atoms with Gasteiger partial charge in [0.25, 0.3) is 0 Å². The summed E-state index contributed by atoms with van der Waals surface area (Å²) in [6, 6.07) is 0.106. The maximum atomic E-state index is 12.2. The van der Waals surface area contributed by atoms with Gasteiger partial charge in [-0.05, 0) is 25.2 Å². The van der Waals surface area contributed by atoms with Crippen molar-refractivity contribution in [2.24, 2.45) is 11.3 Å². The van der Waals surface area contributed by atoms with Gasteiger partial charge in [0.05, 0.1) is 0 Å². The van der Waals surface area contributed by atoms with Gasteiger partial charge in [0, 0.05) is 18.1 Å². The number of carbonyl (C=O) groups excluding carboxylic acids is 1. The molecular formula is C13H25NO2. The van der Waals surface area contributed by atoms with Crippen molar-refractivity contribution in [3.05, 3.63) is 0 Å². The second kappa shape index (κ2) is 5.67. The van der Waals surface area contributed by atoms with Gasteiger partial charge in [0.1, 0.15) is 0 Å². The third kappa shape index (κ3) is 3.21. The number of hydrogen-bond donors (Lipinski definition) is 2. The van der Waals surface area contributed by atoms with Gasteiger partial charge >= 0.3 is 0 Å². The molecule has 3 nitrogen and oxygen atoms in total. The molecule has 1 rings (SSSR count). The fraction of sp³-hybridized carbons (Fsp3) is 0.923. The summed E-state index contributed by atoms with van der Waals surface area (Å²) >= 11 is 0. The van der Waals surface area contributed by atoms with Crippen molar-refractivity contribution >= 4 is 5.91 Å². The minimum absolute atomic E-state index is 0.106. The fourth-order valence-electron chi connectivity index (χ4n) is 2.44. The van der Waals surface area contributed by atoms with Crippen molar-refractivity contribution in [2.75, 3.05) is 6.61 Å². The van der Waals surface area contributed by atoms with Gasteiger partial charge in [0.2, 0.25) is 5.91 Å². The van der Waals surface area contributed by atoms with E-state index >= 15 is 0 Å². The molecule has 16 heavy (non-hydrogen) atoms. The Morgan fingerprint density at radius 1 is 1.38 bits per heavy atom. The van der Waals surface area contributed by atoms with Crippen LogP contribution in [0.4, 0.5) is 0 Å². The summed E-state index contributed by atoms with van der Waals surface area (Å²) in [6.07, 6.45) is 4.98. The van der Waals surface area contributed by atoms with Gasteiger partial charge in [-0.2, -0.15) is 0 Å². The summed E-state index contributed by atoms with van der Waals surface area (Å²) < 4.78 is 0. The van der Waals surface area contributed by atoms with E-state index in [1.165, 1.54) is 0 Å².